The van der Waals surface area contributed by atoms with Crippen LogP contribution in [0.3, 0.4) is 0 Å². The van der Waals surface area contributed by atoms with E-state index in [1.165, 1.54) is 5.57 Å². The van der Waals surface area contributed by atoms with E-state index >= 15 is 4.79 Å². The molecule has 5 saturated carbocycles. The summed E-state index contributed by atoms with van der Waals surface area (Å²) >= 11 is 0. The molecule has 0 aromatic heterocycles. The van der Waals surface area contributed by atoms with Gasteiger partial charge in [-0.15, -0.1) is 0 Å². The molecule has 0 radical (unpaired) electrons. The van der Waals surface area contributed by atoms with Crippen LogP contribution in [0, 0.1) is 68.0 Å². The van der Waals surface area contributed by atoms with Gasteiger partial charge >= 0.3 is 11.9 Å². The summed E-state index contributed by atoms with van der Waals surface area (Å²) in [6, 6.07) is -0.00976. The first-order chi connectivity index (χ1) is 26.9. The summed E-state index contributed by atoms with van der Waals surface area (Å²) in [4.78, 5) is 59.3. The van der Waals surface area contributed by atoms with Crippen LogP contribution < -0.4 is 0 Å². The molecule has 10 heteroatoms. The number of carbonyl (C=O) groups is 4. The molecule has 6 aliphatic carbocycles. The van der Waals surface area contributed by atoms with Crippen molar-refractivity contribution in [1.82, 2.24) is 9.80 Å². The number of allylic oxidation sites excluding steroid dienone is 1. The molecule has 2 saturated heterocycles. The Morgan fingerprint density at radius 2 is 1.48 bits per heavy atom. The average molecular weight is 811 g/mol. The van der Waals surface area contributed by atoms with Crippen molar-refractivity contribution < 1.29 is 37.8 Å². The molecule has 2 heterocycles. The minimum absolute atomic E-state index is 0.00893. The molecule has 58 heavy (non-hydrogen) atoms. The van der Waals surface area contributed by atoms with Crippen LogP contribution in [0.4, 0.5) is 8.78 Å². The van der Waals surface area contributed by atoms with Gasteiger partial charge in [0.2, 0.25) is 5.91 Å². The number of nitrogens with zero attached hydrogens (tertiary/aromatic N) is 2. The Hall–Kier alpha value is -2.36. The molecule has 11 atom stereocenters. The molecule has 0 unspecified atom stereocenters. The standard InChI is InChI=1S/C48H72F2N2O6/c1-28(2)37-33(53)26-47(41(57)52-22-10-11-29(52)27-51-23-20-48(49,50)21-24-51)19-18-45(8)30(38(37)47)12-13-35-44(7)16-15-36(43(5,6)34(44)14-17-46(35,45)9)58-40(56)32-25-31(39(54)55)42(32,3)4/h28-32,34-36H,10-27H2,1-9H3,(H,54,55)/t29-,30+,31-,32+,34-,35+,36-,44-,45+,46+,47+/m0/s1. The van der Waals surface area contributed by atoms with Crippen molar-refractivity contribution in [2.75, 3.05) is 26.2 Å². The number of esters is 1. The van der Waals surface area contributed by atoms with Crippen LogP contribution in [0.25, 0.3) is 0 Å². The normalized spacial score (nSPS) is 44.2. The Labute approximate surface area is 346 Å². The zero-order valence-corrected chi connectivity index (χ0v) is 37.0. The second kappa shape index (κ2) is 13.8. The van der Waals surface area contributed by atoms with Gasteiger partial charge in [0.25, 0.3) is 5.92 Å². The number of halogens is 2. The lowest BCUT2D eigenvalue weighted by atomic mass is 9.33. The topological polar surface area (TPSA) is 104 Å². The number of hydrogen-bond acceptors (Lipinski definition) is 6. The predicted octanol–water partition coefficient (Wildman–Crippen LogP) is 9.35. The third kappa shape index (κ3) is 5.98. The number of amides is 1. The zero-order chi connectivity index (χ0) is 42.2. The van der Waals surface area contributed by atoms with Crippen LogP contribution >= 0.6 is 0 Å². The fourth-order valence-corrected chi connectivity index (χ4v) is 16.0. The molecule has 0 bridgehead atoms. The average Bonchev–Trinajstić information content (AvgIpc) is 3.71. The molecule has 8 nitrogen and oxygen atoms in total. The molecule has 1 amide bonds. The Kier molecular flexibility index (Phi) is 10.1. The summed E-state index contributed by atoms with van der Waals surface area (Å²) < 4.78 is 34.5. The quantitative estimate of drug-likeness (QED) is 0.256. The van der Waals surface area contributed by atoms with E-state index in [9.17, 15) is 28.3 Å². The summed E-state index contributed by atoms with van der Waals surface area (Å²) in [6.07, 6.45) is 9.32. The maximum absolute atomic E-state index is 15.3. The number of carboxylic acid groups (broad SMARTS) is 1. The number of ketones is 1. The van der Waals surface area contributed by atoms with Crippen molar-refractivity contribution >= 4 is 23.6 Å². The fourth-order valence-electron chi connectivity index (χ4n) is 16.0. The molecule has 324 valence electrons. The van der Waals surface area contributed by atoms with Gasteiger partial charge < -0.3 is 19.6 Å². The van der Waals surface area contributed by atoms with Crippen LogP contribution in [0.2, 0.25) is 0 Å². The number of aliphatic carboxylic acids is 1. The highest BCUT2D eigenvalue weighted by Gasteiger charge is 2.71. The van der Waals surface area contributed by atoms with Crippen LogP contribution in [0.5, 0.6) is 0 Å². The molecule has 7 fully saturated rings. The fraction of sp³-hybridized carbons (Fsp3) is 0.875. The minimum Gasteiger partial charge on any atom is -0.481 e. The first kappa shape index (κ1) is 42.3. The first-order valence-corrected chi connectivity index (χ1v) is 23.1. The number of carboxylic acids is 1. The number of carbonyl (C=O) groups excluding carboxylic acids is 3. The lowest BCUT2D eigenvalue weighted by molar-refractivity contribution is -0.236. The van der Waals surface area contributed by atoms with Gasteiger partial charge in [-0.3, -0.25) is 19.2 Å². The molecular weight excluding hydrogens is 739 g/mol. The number of rotatable bonds is 7. The van der Waals surface area contributed by atoms with Crippen LogP contribution in [-0.4, -0.2) is 82.8 Å². The molecule has 0 spiro atoms. The molecule has 0 aromatic carbocycles. The Morgan fingerprint density at radius 3 is 2.12 bits per heavy atom. The van der Waals surface area contributed by atoms with Crippen molar-refractivity contribution in [3.05, 3.63) is 11.1 Å². The van der Waals surface area contributed by atoms with Crippen molar-refractivity contribution in [3.63, 3.8) is 0 Å². The van der Waals surface area contributed by atoms with Gasteiger partial charge in [-0.05, 0) is 127 Å². The summed E-state index contributed by atoms with van der Waals surface area (Å²) in [5, 5.41) is 9.68. The monoisotopic (exact) mass is 811 g/mol. The van der Waals surface area contributed by atoms with Crippen molar-refractivity contribution in [3.8, 4) is 0 Å². The number of likely N-dealkylation sites (tertiary alicyclic amines) is 2. The van der Waals surface area contributed by atoms with Crippen molar-refractivity contribution in [1.29, 1.82) is 0 Å². The van der Waals surface area contributed by atoms with E-state index in [1.807, 2.05) is 13.8 Å². The smallest absolute Gasteiger partial charge is 0.309 e. The Morgan fingerprint density at radius 1 is 0.793 bits per heavy atom. The van der Waals surface area contributed by atoms with E-state index in [0.717, 1.165) is 63.4 Å². The minimum atomic E-state index is -2.60. The third-order valence-corrected chi connectivity index (χ3v) is 19.6. The largest absolute Gasteiger partial charge is 0.481 e. The number of alkyl halides is 2. The second-order valence-corrected chi connectivity index (χ2v) is 23.0. The van der Waals surface area contributed by atoms with Crippen LogP contribution in [-0.2, 0) is 23.9 Å². The van der Waals surface area contributed by atoms with Crippen LogP contribution in [0.15, 0.2) is 11.1 Å². The predicted molar refractivity (Wildman–Crippen MR) is 218 cm³/mol. The molecule has 8 rings (SSSR count). The van der Waals surface area contributed by atoms with Gasteiger partial charge in [0.15, 0.2) is 5.78 Å². The number of Topliss-reactive ketones (excluding diaryl/α,β-unsaturated/α-hetero) is 1. The maximum Gasteiger partial charge on any atom is 0.309 e. The molecule has 1 N–H and O–H groups in total. The maximum atomic E-state index is 15.3. The molecular formula is C48H72F2N2O6. The summed E-state index contributed by atoms with van der Waals surface area (Å²) in [5.74, 6) is -3.37. The number of ether oxygens (including phenoxy) is 1. The van der Waals surface area contributed by atoms with Gasteiger partial charge in [-0.1, -0.05) is 62.3 Å². The van der Waals surface area contributed by atoms with Crippen molar-refractivity contribution in [2.45, 2.75) is 170 Å². The molecule has 8 aliphatic rings. The van der Waals surface area contributed by atoms with E-state index in [4.69, 9.17) is 4.74 Å². The third-order valence-electron chi connectivity index (χ3n) is 19.6. The van der Waals surface area contributed by atoms with Gasteiger partial charge in [0, 0.05) is 56.9 Å². The Balaban J connectivity index is 1.05. The molecule has 2 aliphatic heterocycles. The zero-order valence-electron chi connectivity index (χ0n) is 37.0. The lowest BCUT2D eigenvalue weighted by Gasteiger charge is -2.72. The van der Waals surface area contributed by atoms with Gasteiger partial charge in [0.05, 0.1) is 17.3 Å². The van der Waals surface area contributed by atoms with E-state index in [0.29, 0.717) is 50.9 Å². The van der Waals surface area contributed by atoms with Crippen LogP contribution in [0.1, 0.15) is 152 Å². The summed E-state index contributed by atoms with van der Waals surface area (Å²) in [6.45, 7) is 22.2. The van der Waals surface area contributed by atoms with Gasteiger partial charge in [-0.25, -0.2) is 8.78 Å². The number of piperidine rings is 1. The highest BCUT2D eigenvalue weighted by Crippen LogP contribution is 2.77. The second-order valence-electron chi connectivity index (χ2n) is 23.0. The summed E-state index contributed by atoms with van der Waals surface area (Å²) in [7, 11) is 0. The number of hydrogen-bond donors (Lipinski definition) is 1. The van der Waals surface area contributed by atoms with Crippen molar-refractivity contribution in [2.24, 2.45) is 68.0 Å². The first-order valence-electron chi connectivity index (χ1n) is 23.1. The van der Waals surface area contributed by atoms with Gasteiger partial charge in [0.1, 0.15) is 6.10 Å². The van der Waals surface area contributed by atoms with Gasteiger partial charge in [-0.2, -0.15) is 0 Å². The van der Waals surface area contributed by atoms with E-state index in [-0.39, 0.29) is 82.6 Å². The highest BCUT2D eigenvalue weighted by molar-refractivity contribution is 6.07. The molecule has 0 aromatic rings. The van der Waals surface area contributed by atoms with E-state index in [1.54, 1.807) is 0 Å². The Bertz CT molecular complexity index is 1760. The van der Waals surface area contributed by atoms with E-state index < -0.39 is 34.6 Å². The SMILES string of the molecule is CC(C)C1=C2[C@H]3CC[C@@H]4[C@@]5(C)CC[C@H](OC(=O)[C@H]6C[C@@H](C(=O)O)C6(C)C)C(C)(C)[C@@H]5CC[C@@]4(C)[C@]3(C)CC[C@@]2(C(=O)N2CCC[C@H]2CN2CCC(F)(F)CC2)CC1=O. The number of fused-ring (bicyclic) bond motifs is 7. The summed E-state index contributed by atoms with van der Waals surface area (Å²) in [5.41, 5.74) is 0.319. The highest BCUT2D eigenvalue weighted by atomic mass is 19.3. The van der Waals surface area contributed by atoms with E-state index in [2.05, 4.69) is 58.3 Å². The lowest BCUT2D eigenvalue weighted by Crippen LogP contribution is -2.66.